The second kappa shape index (κ2) is 11.3. The summed E-state index contributed by atoms with van der Waals surface area (Å²) < 4.78 is 11.6. The summed E-state index contributed by atoms with van der Waals surface area (Å²) >= 11 is 0. The Morgan fingerprint density at radius 2 is 1.74 bits per heavy atom. The van der Waals surface area contributed by atoms with Crippen molar-refractivity contribution >= 4 is 22.7 Å². The van der Waals surface area contributed by atoms with Crippen molar-refractivity contribution in [1.82, 2.24) is 20.2 Å². The fourth-order valence-electron chi connectivity index (χ4n) is 3.22. The first-order valence-electron chi connectivity index (χ1n) is 10.4. The molecule has 0 unspecified atom stereocenters. The normalized spacial score (nSPS) is 11.9. The van der Waals surface area contributed by atoms with Crippen LogP contribution >= 0.6 is 0 Å². The molecule has 170 valence electrons. The van der Waals surface area contributed by atoms with Gasteiger partial charge < -0.3 is 20.1 Å². The van der Waals surface area contributed by atoms with Gasteiger partial charge in [0.25, 0.3) is 5.56 Å². The number of benzene rings is 1. The Morgan fingerprint density at radius 3 is 2.39 bits per heavy atom. The number of aromatic nitrogens is 2. The zero-order valence-electron chi connectivity index (χ0n) is 18.9. The number of amides is 2. The van der Waals surface area contributed by atoms with Crippen LogP contribution in [0.2, 0.25) is 0 Å². The molecule has 2 rings (SSSR count). The molecule has 0 fully saturated rings. The summed E-state index contributed by atoms with van der Waals surface area (Å²) in [4.78, 5) is 41.2. The van der Waals surface area contributed by atoms with Gasteiger partial charge in [0.15, 0.2) is 11.5 Å². The molecule has 0 saturated heterocycles. The number of nitrogens with one attached hydrogen (secondary N) is 2. The van der Waals surface area contributed by atoms with Gasteiger partial charge in [0, 0.05) is 12.1 Å². The average molecular weight is 433 g/mol. The minimum absolute atomic E-state index is 0.0439. The summed E-state index contributed by atoms with van der Waals surface area (Å²) in [5.41, 5.74) is 0.0504. The molecule has 0 saturated carbocycles. The number of hydrogen-bond donors (Lipinski definition) is 2. The van der Waals surface area contributed by atoms with Crippen LogP contribution in [0.1, 0.15) is 40.0 Å². The molecule has 9 heteroatoms. The number of nitrogens with zero attached hydrogens (tertiary/aromatic N) is 2. The molecule has 2 N–H and O–H groups in total. The van der Waals surface area contributed by atoms with Crippen LogP contribution in [-0.2, 0) is 16.1 Å². The number of fused-ring (bicyclic) bond motifs is 1. The van der Waals surface area contributed by atoms with Crippen molar-refractivity contribution in [2.45, 2.75) is 52.6 Å². The molecule has 0 bridgehead atoms. The Kier molecular flexibility index (Phi) is 8.84. The van der Waals surface area contributed by atoms with Gasteiger partial charge in [0.1, 0.15) is 6.54 Å². The zero-order chi connectivity index (χ0) is 23.0. The summed E-state index contributed by atoms with van der Waals surface area (Å²) in [7, 11) is 2.97. The minimum Gasteiger partial charge on any atom is -0.493 e. The molecule has 0 aliphatic rings. The highest BCUT2D eigenvalue weighted by atomic mass is 16.5. The molecular formula is C22H32N4O5. The SMILES string of the molecule is COc1cc2ncn(CC(=O)NCC(=O)N[C@H](C)CCCC(C)C)c(=O)c2cc1OC. The third kappa shape index (κ3) is 6.97. The Labute approximate surface area is 182 Å². The van der Waals surface area contributed by atoms with Crippen molar-refractivity contribution in [3.05, 3.63) is 28.8 Å². The molecule has 0 radical (unpaired) electrons. The fourth-order valence-corrected chi connectivity index (χ4v) is 3.22. The first-order chi connectivity index (χ1) is 14.7. The molecule has 9 nitrogen and oxygen atoms in total. The lowest BCUT2D eigenvalue weighted by Crippen LogP contribution is -2.42. The number of hydrogen-bond acceptors (Lipinski definition) is 6. The molecule has 0 aliphatic heterocycles. The third-order valence-corrected chi connectivity index (χ3v) is 4.92. The van der Waals surface area contributed by atoms with Crippen LogP contribution in [0.4, 0.5) is 0 Å². The van der Waals surface area contributed by atoms with E-state index in [2.05, 4.69) is 29.5 Å². The van der Waals surface area contributed by atoms with Crippen LogP contribution in [0.3, 0.4) is 0 Å². The van der Waals surface area contributed by atoms with Crippen LogP contribution < -0.4 is 25.7 Å². The maximum atomic E-state index is 12.7. The van der Waals surface area contributed by atoms with Crippen molar-refractivity contribution in [2.75, 3.05) is 20.8 Å². The van der Waals surface area contributed by atoms with Gasteiger partial charge in [-0.05, 0) is 25.3 Å². The average Bonchev–Trinajstić information content (AvgIpc) is 2.73. The van der Waals surface area contributed by atoms with Gasteiger partial charge in [-0.3, -0.25) is 19.0 Å². The summed E-state index contributed by atoms with van der Waals surface area (Å²) in [6.07, 6.45) is 4.35. The van der Waals surface area contributed by atoms with Gasteiger partial charge in [-0.1, -0.05) is 26.7 Å². The van der Waals surface area contributed by atoms with E-state index in [1.54, 1.807) is 6.07 Å². The Hall–Kier alpha value is -3.10. The van der Waals surface area contributed by atoms with E-state index in [4.69, 9.17) is 9.47 Å². The lowest BCUT2D eigenvalue weighted by molar-refractivity contribution is -0.126. The molecule has 2 aromatic rings. The molecule has 1 atom stereocenters. The van der Waals surface area contributed by atoms with E-state index in [0.717, 1.165) is 19.3 Å². The van der Waals surface area contributed by atoms with Crippen molar-refractivity contribution in [2.24, 2.45) is 5.92 Å². The minimum atomic E-state index is -0.452. The Morgan fingerprint density at radius 1 is 1.06 bits per heavy atom. The van der Waals surface area contributed by atoms with Gasteiger partial charge in [0.05, 0.1) is 38.0 Å². The van der Waals surface area contributed by atoms with Crippen molar-refractivity contribution in [1.29, 1.82) is 0 Å². The topological polar surface area (TPSA) is 112 Å². The van der Waals surface area contributed by atoms with Crippen LogP contribution in [0, 0.1) is 5.92 Å². The van der Waals surface area contributed by atoms with Gasteiger partial charge in [-0.15, -0.1) is 0 Å². The number of methoxy groups -OCH3 is 2. The molecule has 2 amide bonds. The van der Waals surface area contributed by atoms with E-state index in [1.807, 2.05) is 6.92 Å². The highest BCUT2D eigenvalue weighted by Crippen LogP contribution is 2.29. The van der Waals surface area contributed by atoms with Gasteiger partial charge in [-0.25, -0.2) is 4.98 Å². The van der Waals surface area contributed by atoms with Gasteiger partial charge >= 0.3 is 0 Å². The highest BCUT2D eigenvalue weighted by molar-refractivity contribution is 5.85. The Bertz CT molecular complexity index is 970. The van der Waals surface area contributed by atoms with Crippen LogP contribution in [0.25, 0.3) is 10.9 Å². The molecule has 1 heterocycles. The third-order valence-electron chi connectivity index (χ3n) is 4.92. The fraction of sp³-hybridized carbons (Fsp3) is 0.545. The van der Waals surface area contributed by atoms with Crippen LogP contribution in [-0.4, -0.2) is 48.2 Å². The first-order valence-corrected chi connectivity index (χ1v) is 10.4. The van der Waals surface area contributed by atoms with Crippen LogP contribution in [0.5, 0.6) is 11.5 Å². The van der Waals surface area contributed by atoms with E-state index in [0.29, 0.717) is 28.3 Å². The van der Waals surface area contributed by atoms with Crippen molar-refractivity contribution < 1.29 is 19.1 Å². The smallest absolute Gasteiger partial charge is 0.261 e. The number of carbonyl (C=O) groups is 2. The van der Waals surface area contributed by atoms with E-state index in [-0.39, 0.29) is 30.6 Å². The number of carbonyl (C=O) groups excluding carboxylic acids is 2. The number of rotatable bonds is 11. The Balaban J connectivity index is 1.94. The molecular weight excluding hydrogens is 400 g/mol. The summed E-state index contributed by atoms with van der Waals surface area (Å²) in [5, 5.41) is 5.72. The maximum Gasteiger partial charge on any atom is 0.261 e. The largest absolute Gasteiger partial charge is 0.493 e. The summed E-state index contributed by atoms with van der Waals surface area (Å²) in [6.45, 7) is 5.90. The predicted molar refractivity (Wildman–Crippen MR) is 118 cm³/mol. The molecule has 0 spiro atoms. The van der Waals surface area contributed by atoms with Crippen LogP contribution in [0.15, 0.2) is 23.3 Å². The zero-order valence-corrected chi connectivity index (χ0v) is 18.9. The predicted octanol–water partition coefficient (Wildman–Crippen LogP) is 1.86. The van der Waals surface area contributed by atoms with E-state index < -0.39 is 5.91 Å². The van der Waals surface area contributed by atoms with Gasteiger partial charge in [-0.2, -0.15) is 0 Å². The molecule has 0 aliphatic carbocycles. The standard InChI is InChI=1S/C22H32N4O5/c1-14(2)7-6-8-15(3)25-20(27)11-23-21(28)12-26-13-24-17-10-19(31-5)18(30-4)9-16(17)22(26)29/h9-10,13-15H,6-8,11-12H2,1-5H3,(H,23,28)(H,25,27)/t15-/m1/s1. The number of ether oxygens (including phenoxy) is 2. The monoisotopic (exact) mass is 432 g/mol. The van der Waals surface area contributed by atoms with E-state index in [1.165, 1.54) is 31.2 Å². The molecule has 1 aromatic carbocycles. The van der Waals surface area contributed by atoms with E-state index >= 15 is 0 Å². The highest BCUT2D eigenvalue weighted by Gasteiger charge is 2.14. The van der Waals surface area contributed by atoms with Crippen molar-refractivity contribution in [3.8, 4) is 11.5 Å². The first kappa shape index (κ1) is 24.2. The lowest BCUT2D eigenvalue weighted by atomic mass is 10.0. The summed E-state index contributed by atoms with van der Waals surface area (Å²) in [6, 6.07) is 3.18. The quantitative estimate of drug-likeness (QED) is 0.561. The van der Waals surface area contributed by atoms with Crippen molar-refractivity contribution in [3.63, 3.8) is 0 Å². The second-order valence-electron chi connectivity index (χ2n) is 7.97. The lowest BCUT2D eigenvalue weighted by Gasteiger charge is -2.15. The van der Waals surface area contributed by atoms with Gasteiger partial charge in [0.2, 0.25) is 11.8 Å². The second-order valence-corrected chi connectivity index (χ2v) is 7.97. The van der Waals surface area contributed by atoms with E-state index in [9.17, 15) is 14.4 Å². The summed E-state index contributed by atoms with van der Waals surface area (Å²) in [5.74, 6) is 0.785. The molecule has 1 aromatic heterocycles. The molecule has 31 heavy (non-hydrogen) atoms. The maximum absolute atomic E-state index is 12.7.